The lowest BCUT2D eigenvalue weighted by Gasteiger charge is -2.32. The van der Waals surface area contributed by atoms with E-state index in [2.05, 4.69) is 10.3 Å². The highest BCUT2D eigenvalue weighted by Gasteiger charge is 2.24. The molecule has 1 aromatic heterocycles. The number of rotatable bonds is 4. The molecule has 22 heavy (non-hydrogen) atoms. The van der Waals surface area contributed by atoms with Crippen LogP contribution in [0.15, 0.2) is 36.7 Å². The molecule has 1 fully saturated rings. The number of benzene rings is 1. The fourth-order valence-corrected chi connectivity index (χ4v) is 2.54. The second kappa shape index (κ2) is 6.67. The summed E-state index contributed by atoms with van der Waals surface area (Å²) >= 11 is 0. The van der Waals surface area contributed by atoms with Gasteiger partial charge in [0.1, 0.15) is 0 Å². The zero-order valence-corrected chi connectivity index (χ0v) is 12.3. The van der Waals surface area contributed by atoms with Gasteiger partial charge < -0.3 is 15.4 Å². The number of nitrogens with two attached hydrogens (primary N) is 1. The van der Waals surface area contributed by atoms with Crippen LogP contribution in [0.5, 0.6) is 0 Å². The molecule has 2 aromatic rings. The lowest BCUT2D eigenvalue weighted by atomic mass is 10.1. The monoisotopic (exact) mass is 301 g/mol. The third-order valence-corrected chi connectivity index (χ3v) is 3.68. The van der Waals surface area contributed by atoms with E-state index in [4.69, 9.17) is 10.5 Å². The summed E-state index contributed by atoms with van der Waals surface area (Å²) in [5.41, 5.74) is 7.32. The van der Waals surface area contributed by atoms with E-state index < -0.39 is 0 Å². The summed E-state index contributed by atoms with van der Waals surface area (Å²) < 4.78 is 7.22. The van der Waals surface area contributed by atoms with Crippen molar-refractivity contribution in [2.24, 2.45) is 5.73 Å². The lowest BCUT2D eigenvalue weighted by Crippen LogP contribution is -2.48. The number of hydrogen-bond acceptors (Lipinski definition) is 5. The molecular weight excluding hydrogens is 282 g/mol. The van der Waals surface area contributed by atoms with Gasteiger partial charge in [-0.05, 0) is 17.7 Å². The highest BCUT2D eigenvalue weighted by molar-refractivity contribution is 5.94. The van der Waals surface area contributed by atoms with Crippen molar-refractivity contribution in [1.29, 1.82) is 0 Å². The van der Waals surface area contributed by atoms with E-state index in [1.165, 1.54) is 0 Å². The van der Waals surface area contributed by atoms with Crippen molar-refractivity contribution in [1.82, 2.24) is 19.9 Å². The van der Waals surface area contributed by atoms with E-state index >= 15 is 0 Å². The molecular formula is C15H19N5O2. The molecule has 1 atom stereocenters. The maximum absolute atomic E-state index is 12.6. The summed E-state index contributed by atoms with van der Waals surface area (Å²) in [6, 6.07) is 7.60. The molecule has 2 N–H and O–H groups in total. The molecule has 1 aliphatic heterocycles. The molecule has 0 saturated carbocycles. The number of morpholine rings is 1. The van der Waals surface area contributed by atoms with Gasteiger partial charge in [0.15, 0.2) is 0 Å². The third kappa shape index (κ3) is 3.32. The van der Waals surface area contributed by atoms with Crippen molar-refractivity contribution in [2.45, 2.75) is 12.6 Å². The first-order valence-corrected chi connectivity index (χ1v) is 7.30. The van der Waals surface area contributed by atoms with Gasteiger partial charge >= 0.3 is 0 Å². The van der Waals surface area contributed by atoms with Crippen LogP contribution in [-0.4, -0.2) is 58.1 Å². The Balaban J connectivity index is 1.72. The standard InChI is InChI=1S/C15H19N5O2/c16-9-14-11-19(6-7-22-14)15(21)13-3-1-2-12(8-13)10-20-5-4-17-18-20/h1-5,8,14H,6-7,9-11,16H2. The van der Waals surface area contributed by atoms with Crippen LogP contribution in [0.4, 0.5) is 0 Å². The molecule has 1 aliphatic rings. The highest BCUT2D eigenvalue weighted by atomic mass is 16.5. The summed E-state index contributed by atoms with van der Waals surface area (Å²) in [6.45, 7) is 2.70. The number of ether oxygens (including phenoxy) is 1. The molecule has 1 saturated heterocycles. The van der Waals surface area contributed by atoms with Gasteiger partial charge in [0.2, 0.25) is 0 Å². The SMILES string of the molecule is NCC1CN(C(=O)c2cccc(Cn3ccnn3)c2)CCO1. The van der Waals surface area contributed by atoms with Gasteiger partial charge in [-0.25, -0.2) is 4.68 Å². The number of amides is 1. The molecule has 0 bridgehead atoms. The van der Waals surface area contributed by atoms with Crippen molar-refractivity contribution in [3.63, 3.8) is 0 Å². The van der Waals surface area contributed by atoms with Gasteiger partial charge in [-0.15, -0.1) is 5.10 Å². The van der Waals surface area contributed by atoms with Gasteiger partial charge in [0.05, 0.1) is 25.5 Å². The van der Waals surface area contributed by atoms with Crippen LogP contribution < -0.4 is 5.73 Å². The number of nitrogens with zero attached hydrogens (tertiary/aromatic N) is 4. The molecule has 0 spiro atoms. The van der Waals surface area contributed by atoms with Gasteiger partial charge in [-0.2, -0.15) is 0 Å². The summed E-state index contributed by atoms with van der Waals surface area (Å²) in [4.78, 5) is 14.4. The van der Waals surface area contributed by atoms with E-state index in [1.54, 1.807) is 22.0 Å². The van der Waals surface area contributed by atoms with Crippen molar-refractivity contribution in [2.75, 3.05) is 26.2 Å². The zero-order chi connectivity index (χ0) is 15.4. The molecule has 1 aromatic carbocycles. The Hall–Kier alpha value is -2.25. The van der Waals surface area contributed by atoms with Crippen LogP contribution in [0.2, 0.25) is 0 Å². The van der Waals surface area contributed by atoms with Crippen LogP contribution in [0, 0.1) is 0 Å². The third-order valence-electron chi connectivity index (χ3n) is 3.68. The average Bonchev–Trinajstić information content (AvgIpc) is 3.07. The topological polar surface area (TPSA) is 86.3 Å². The van der Waals surface area contributed by atoms with Gasteiger partial charge in [0, 0.05) is 31.4 Å². The van der Waals surface area contributed by atoms with E-state index in [0.717, 1.165) is 5.56 Å². The second-order valence-corrected chi connectivity index (χ2v) is 5.28. The van der Waals surface area contributed by atoms with Crippen molar-refractivity contribution in [3.8, 4) is 0 Å². The summed E-state index contributed by atoms with van der Waals surface area (Å²) in [5, 5.41) is 7.72. The fraction of sp³-hybridized carbons (Fsp3) is 0.400. The quantitative estimate of drug-likeness (QED) is 0.867. The maximum atomic E-state index is 12.6. The van der Waals surface area contributed by atoms with E-state index in [9.17, 15) is 4.79 Å². The first kappa shape index (κ1) is 14.7. The molecule has 1 amide bonds. The van der Waals surface area contributed by atoms with Crippen LogP contribution in [0.1, 0.15) is 15.9 Å². The minimum atomic E-state index is -0.0731. The number of hydrogen-bond donors (Lipinski definition) is 1. The number of aromatic nitrogens is 3. The lowest BCUT2D eigenvalue weighted by molar-refractivity contribution is -0.0167. The summed E-state index contributed by atoms with van der Waals surface area (Å²) in [7, 11) is 0. The van der Waals surface area contributed by atoms with Crippen LogP contribution >= 0.6 is 0 Å². The Morgan fingerprint density at radius 3 is 3.14 bits per heavy atom. The molecule has 0 radical (unpaired) electrons. The molecule has 7 nitrogen and oxygen atoms in total. The normalized spacial score (nSPS) is 18.4. The molecule has 0 aliphatic carbocycles. The first-order chi connectivity index (χ1) is 10.8. The molecule has 3 rings (SSSR count). The van der Waals surface area contributed by atoms with E-state index in [0.29, 0.717) is 38.3 Å². The van der Waals surface area contributed by atoms with Crippen molar-refractivity contribution in [3.05, 3.63) is 47.8 Å². The van der Waals surface area contributed by atoms with Crippen LogP contribution in [0.3, 0.4) is 0 Å². The Morgan fingerprint density at radius 2 is 2.36 bits per heavy atom. The Bertz CT molecular complexity index is 629. The Labute approximate surface area is 128 Å². The van der Waals surface area contributed by atoms with Crippen molar-refractivity contribution < 1.29 is 9.53 Å². The van der Waals surface area contributed by atoms with E-state index in [-0.39, 0.29) is 12.0 Å². The average molecular weight is 301 g/mol. The van der Waals surface area contributed by atoms with Gasteiger partial charge in [0.25, 0.3) is 5.91 Å². The number of carbonyl (C=O) groups excluding carboxylic acids is 1. The fourth-order valence-electron chi connectivity index (χ4n) is 2.54. The minimum Gasteiger partial charge on any atom is -0.373 e. The van der Waals surface area contributed by atoms with Crippen molar-refractivity contribution >= 4 is 5.91 Å². The Morgan fingerprint density at radius 1 is 1.45 bits per heavy atom. The molecule has 1 unspecified atom stereocenters. The second-order valence-electron chi connectivity index (χ2n) is 5.28. The van der Waals surface area contributed by atoms with E-state index in [1.807, 2.05) is 24.3 Å². The molecule has 116 valence electrons. The van der Waals surface area contributed by atoms with Gasteiger partial charge in [-0.3, -0.25) is 4.79 Å². The Kier molecular flexibility index (Phi) is 4.45. The molecule has 7 heteroatoms. The van der Waals surface area contributed by atoms with Crippen LogP contribution in [0.25, 0.3) is 0 Å². The van der Waals surface area contributed by atoms with Crippen LogP contribution in [-0.2, 0) is 11.3 Å². The minimum absolute atomic E-state index is 0.0159. The summed E-state index contributed by atoms with van der Waals surface area (Å²) in [6.07, 6.45) is 3.36. The number of carbonyl (C=O) groups is 1. The zero-order valence-electron chi connectivity index (χ0n) is 12.3. The predicted octanol–water partition coefficient (Wildman–Crippen LogP) is 0.126. The first-order valence-electron chi connectivity index (χ1n) is 7.30. The highest BCUT2D eigenvalue weighted by Crippen LogP contribution is 2.13. The largest absolute Gasteiger partial charge is 0.373 e. The summed E-state index contributed by atoms with van der Waals surface area (Å²) in [5.74, 6) is 0.0159. The predicted molar refractivity (Wildman–Crippen MR) is 80.3 cm³/mol. The van der Waals surface area contributed by atoms with Gasteiger partial charge in [-0.1, -0.05) is 17.3 Å². The smallest absolute Gasteiger partial charge is 0.254 e. The maximum Gasteiger partial charge on any atom is 0.254 e. The molecule has 2 heterocycles.